The topological polar surface area (TPSA) is 110 Å². The second-order valence-corrected chi connectivity index (χ2v) is 9.83. The quantitative estimate of drug-likeness (QED) is 0.320. The number of aromatic nitrogens is 4. The third-order valence-corrected chi connectivity index (χ3v) is 7.05. The lowest BCUT2D eigenvalue weighted by Crippen LogP contribution is -2.25. The highest BCUT2D eigenvalue weighted by Crippen LogP contribution is 2.35. The molecular formula is C25H19ClF2N6O3S. The Morgan fingerprint density at radius 3 is 2.61 bits per heavy atom. The Morgan fingerprint density at radius 2 is 1.92 bits per heavy atom. The Morgan fingerprint density at radius 1 is 1.11 bits per heavy atom. The minimum absolute atomic E-state index is 0.212. The Balaban J connectivity index is 1.33. The number of nitrogens with zero attached hydrogens (tertiary/aromatic N) is 5. The molecule has 38 heavy (non-hydrogen) atoms. The summed E-state index contributed by atoms with van der Waals surface area (Å²) in [5.41, 5.74) is 2.64. The molecule has 1 N–H and O–H groups in total. The van der Waals surface area contributed by atoms with Gasteiger partial charge in [-0.15, -0.1) is 0 Å². The van der Waals surface area contributed by atoms with Gasteiger partial charge < -0.3 is 9.64 Å². The highest BCUT2D eigenvalue weighted by Gasteiger charge is 2.29. The number of hydrogen-bond acceptors (Lipinski definition) is 8. The first-order valence-electron chi connectivity index (χ1n) is 11.2. The molecule has 4 aromatic rings. The van der Waals surface area contributed by atoms with Crippen LogP contribution in [0.4, 0.5) is 13.9 Å². The Bertz CT molecular complexity index is 1520. The smallest absolute Gasteiger partial charge is 0.280 e. The first kappa shape index (κ1) is 25.6. The zero-order valence-corrected chi connectivity index (χ0v) is 21.6. The molecule has 2 amide bonds. The van der Waals surface area contributed by atoms with Gasteiger partial charge in [-0.25, -0.2) is 18.7 Å². The van der Waals surface area contributed by atoms with E-state index in [9.17, 15) is 18.4 Å². The molecule has 13 heteroatoms. The van der Waals surface area contributed by atoms with Gasteiger partial charge in [0, 0.05) is 29.2 Å². The number of rotatable bonds is 6. The fourth-order valence-electron chi connectivity index (χ4n) is 4.00. The van der Waals surface area contributed by atoms with E-state index in [0.717, 1.165) is 17.1 Å². The van der Waals surface area contributed by atoms with Gasteiger partial charge in [-0.2, -0.15) is 0 Å². The average molecular weight is 557 g/mol. The standard InChI is InChI=1S/C25H19ClF2N6O3S/c1-12-5-14(15-6-21(26)31-9-19(15)37-2)16(8-29-12)23(35)33-25-32-18-10-34(11-20(18)38-25)24(36)13-3-4-17(22(27)28)30-7-13/h3-9,22H,10-11H2,1-2H3,(H,32,33,35). The molecule has 0 saturated heterocycles. The highest BCUT2D eigenvalue weighted by atomic mass is 35.5. The lowest BCUT2D eigenvalue weighted by atomic mass is 10.0. The highest BCUT2D eigenvalue weighted by molar-refractivity contribution is 7.16. The molecule has 0 unspecified atom stereocenters. The van der Waals surface area contributed by atoms with Gasteiger partial charge in [0.25, 0.3) is 18.2 Å². The molecule has 1 aliphatic heterocycles. The average Bonchev–Trinajstić information content (AvgIpc) is 3.47. The van der Waals surface area contributed by atoms with Crippen LogP contribution in [0.3, 0.4) is 0 Å². The SMILES string of the molecule is COc1cnc(Cl)cc1-c1cc(C)ncc1C(=O)Nc1nc2c(s1)CN(C(=O)c1ccc(C(F)F)nc1)C2. The van der Waals surface area contributed by atoms with E-state index in [-0.39, 0.29) is 35.4 Å². The predicted octanol–water partition coefficient (Wildman–Crippen LogP) is 5.31. The van der Waals surface area contributed by atoms with E-state index in [2.05, 4.69) is 25.3 Å². The molecular weight excluding hydrogens is 538 g/mol. The number of fused-ring (bicyclic) bond motifs is 1. The van der Waals surface area contributed by atoms with Gasteiger partial charge in [0.1, 0.15) is 16.6 Å². The normalized spacial score (nSPS) is 12.5. The number of methoxy groups -OCH3 is 1. The van der Waals surface area contributed by atoms with Crippen molar-refractivity contribution in [1.29, 1.82) is 0 Å². The summed E-state index contributed by atoms with van der Waals surface area (Å²) in [6, 6.07) is 5.85. The molecule has 9 nitrogen and oxygen atoms in total. The van der Waals surface area contributed by atoms with Crippen molar-refractivity contribution >= 4 is 39.9 Å². The summed E-state index contributed by atoms with van der Waals surface area (Å²) in [6.45, 7) is 2.31. The van der Waals surface area contributed by atoms with Gasteiger partial charge in [0.15, 0.2) is 5.13 Å². The molecule has 194 valence electrons. The number of ether oxygens (including phenoxy) is 1. The van der Waals surface area contributed by atoms with E-state index in [4.69, 9.17) is 16.3 Å². The van der Waals surface area contributed by atoms with Crippen LogP contribution in [0.15, 0.2) is 42.9 Å². The van der Waals surface area contributed by atoms with Crippen LogP contribution in [-0.4, -0.2) is 43.8 Å². The monoisotopic (exact) mass is 556 g/mol. The van der Waals surface area contributed by atoms with Crippen molar-refractivity contribution in [2.45, 2.75) is 26.4 Å². The number of carbonyl (C=O) groups is 2. The molecule has 0 bridgehead atoms. The fraction of sp³-hybridized carbons (Fsp3) is 0.200. The molecule has 0 aliphatic carbocycles. The molecule has 0 radical (unpaired) electrons. The molecule has 0 spiro atoms. The van der Waals surface area contributed by atoms with Crippen molar-refractivity contribution in [3.8, 4) is 16.9 Å². The van der Waals surface area contributed by atoms with Crippen molar-refractivity contribution in [2.75, 3.05) is 12.4 Å². The minimum Gasteiger partial charge on any atom is -0.494 e. The molecule has 5 heterocycles. The van der Waals surface area contributed by atoms with Crippen molar-refractivity contribution < 1.29 is 23.1 Å². The van der Waals surface area contributed by atoms with Crippen LogP contribution in [0.1, 0.15) is 49.1 Å². The maximum Gasteiger partial charge on any atom is 0.280 e. The summed E-state index contributed by atoms with van der Waals surface area (Å²) in [5, 5.41) is 3.44. The number of halogens is 3. The summed E-state index contributed by atoms with van der Waals surface area (Å²) in [7, 11) is 1.50. The zero-order valence-electron chi connectivity index (χ0n) is 20.0. The molecule has 0 aromatic carbocycles. The number of aryl methyl sites for hydroxylation is 1. The lowest BCUT2D eigenvalue weighted by Gasteiger charge is -2.15. The van der Waals surface area contributed by atoms with Gasteiger partial charge in [-0.05, 0) is 31.2 Å². The number of thiazole rings is 1. The largest absolute Gasteiger partial charge is 0.494 e. The van der Waals surface area contributed by atoms with Crippen LogP contribution in [0.2, 0.25) is 5.15 Å². The number of anilines is 1. The molecule has 4 aromatic heterocycles. The van der Waals surface area contributed by atoms with E-state index in [1.807, 2.05) is 6.92 Å². The Hall–Kier alpha value is -4.03. The summed E-state index contributed by atoms with van der Waals surface area (Å²) >= 11 is 7.36. The maximum atomic E-state index is 13.3. The van der Waals surface area contributed by atoms with E-state index in [1.54, 1.807) is 17.0 Å². The van der Waals surface area contributed by atoms with Crippen molar-refractivity contribution in [2.24, 2.45) is 0 Å². The third-order valence-electron chi connectivity index (χ3n) is 5.85. The summed E-state index contributed by atoms with van der Waals surface area (Å²) in [4.78, 5) is 44.9. The first-order chi connectivity index (χ1) is 18.2. The van der Waals surface area contributed by atoms with Crippen molar-refractivity contribution in [3.05, 3.63) is 81.1 Å². The number of pyridine rings is 3. The van der Waals surface area contributed by atoms with Crippen LogP contribution in [-0.2, 0) is 13.1 Å². The minimum atomic E-state index is -2.70. The van der Waals surface area contributed by atoms with Gasteiger partial charge in [-0.3, -0.25) is 24.9 Å². The third kappa shape index (κ3) is 5.04. The molecule has 5 rings (SSSR count). The van der Waals surface area contributed by atoms with Gasteiger partial charge in [-0.1, -0.05) is 22.9 Å². The zero-order chi connectivity index (χ0) is 27.0. The van der Waals surface area contributed by atoms with E-state index < -0.39 is 12.3 Å². The van der Waals surface area contributed by atoms with E-state index in [0.29, 0.717) is 39.0 Å². The number of carbonyl (C=O) groups excluding carboxylic acids is 2. The molecule has 0 fully saturated rings. The van der Waals surface area contributed by atoms with E-state index >= 15 is 0 Å². The van der Waals surface area contributed by atoms with Crippen molar-refractivity contribution in [1.82, 2.24) is 24.8 Å². The van der Waals surface area contributed by atoms with Gasteiger partial charge in [0.2, 0.25) is 0 Å². The number of hydrogen-bond donors (Lipinski definition) is 1. The maximum absolute atomic E-state index is 13.3. The first-order valence-corrected chi connectivity index (χ1v) is 12.4. The molecule has 0 saturated carbocycles. The van der Waals surface area contributed by atoms with Gasteiger partial charge >= 0.3 is 0 Å². The summed E-state index contributed by atoms with van der Waals surface area (Å²) in [5.74, 6) is -0.312. The predicted molar refractivity (Wildman–Crippen MR) is 137 cm³/mol. The lowest BCUT2D eigenvalue weighted by molar-refractivity contribution is 0.0749. The number of nitrogens with one attached hydrogen (secondary N) is 1. The number of amides is 2. The van der Waals surface area contributed by atoms with Crippen LogP contribution in [0, 0.1) is 6.92 Å². The molecule has 1 aliphatic rings. The van der Waals surface area contributed by atoms with Crippen LogP contribution < -0.4 is 10.1 Å². The Kier molecular flexibility index (Phi) is 7.00. The second-order valence-electron chi connectivity index (χ2n) is 8.36. The van der Waals surface area contributed by atoms with Crippen LogP contribution in [0.5, 0.6) is 5.75 Å². The Labute approximate surface area is 224 Å². The van der Waals surface area contributed by atoms with Crippen LogP contribution in [0.25, 0.3) is 11.1 Å². The van der Waals surface area contributed by atoms with Gasteiger partial charge in [0.05, 0.1) is 48.1 Å². The summed E-state index contributed by atoms with van der Waals surface area (Å²) in [6.07, 6.45) is 1.40. The van der Waals surface area contributed by atoms with Crippen molar-refractivity contribution in [3.63, 3.8) is 0 Å². The summed E-state index contributed by atoms with van der Waals surface area (Å²) < 4.78 is 30.9. The fourth-order valence-corrected chi connectivity index (χ4v) is 5.14. The second kappa shape index (κ2) is 10.4. The van der Waals surface area contributed by atoms with E-state index in [1.165, 1.54) is 36.9 Å². The molecule has 0 atom stereocenters. The number of alkyl halides is 2. The van der Waals surface area contributed by atoms with Crippen LogP contribution >= 0.6 is 22.9 Å².